The van der Waals surface area contributed by atoms with Gasteiger partial charge in [-0.1, -0.05) is 30.3 Å². The molecule has 0 fully saturated rings. The zero-order valence-electron chi connectivity index (χ0n) is 14.4. The van der Waals surface area contributed by atoms with Gasteiger partial charge in [-0.3, -0.25) is 9.69 Å². The Hall–Kier alpha value is -2.33. The van der Waals surface area contributed by atoms with Crippen molar-refractivity contribution in [3.05, 3.63) is 59.7 Å². The SMILES string of the molecule is Cc1cccc(OCCN(C)CC(=O)N2CCc3ccccc32)c1. The number of amides is 1. The molecule has 1 amide bonds. The van der Waals surface area contributed by atoms with Crippen LogP contribution in [0.15, 0.2) is 48.5 Å². The summed E-state index contributed by atoms with van der Waals surface area (Å²) in [5.74, 6) is 1.03. The van der Waals surface area contributed by atoms with Crippen LogP contribution >= 0.6 is 0 Å². The standard InChI is InChI=1S/C20H24N2O2/c1-16-6-5-8-18(14-16)24-13-12-21(2)15-20(23)22-11-10-17-7-3-4-9-19(17)22/h3-9,14H,10-13,15H2,1-2H3. The van der Waals surface area contributed by atoms with Gasteiger partial charge >= 0.3 is 0 Å². The maximum Gasteiger partial charge on any atom is 0.241 e. The highest BCUT2D eigenvalue weighted by Crippen LogP contribution is 2.27. The van der Waals surface area contributed by atoms with E-state index in [2.05, 4.69) is 6.07 Å². The van der Waals surface area contributed by atoms with Crippen molar-refractivity contribution in [3.63, 3.8) is 0 Å². The molecule has 1 heterocycles. The van der Waals surface area contributed by atoms with E-state index in [1.807, 2.05) is 66.2 Å². The van der Waals surface area contributed by atoms with Gasteiger partial charge in [-0.2, -0.15) is 0 Å². The highest BCUT2D eigenvalue weighted by molar-refractivity contribution is 5.96. The van der Waals surface area contributed by atoms with Gasteiger partial charge in [0.05, 0.1) is 6.54 Å². The summed E-state index contributed by atoms with van der Waals surface area (Å²) in [4.78, 5) is 16.4. The van der Waals surface area contributed by atoms with Crippen LogP contribution in [0, 0.1) is 6.92 Å². The number of likely N-dealkylation sites (N-methyl/N-ethyl adjacent to an activating group) is 1. The zero-order chi connectivity index (χ0) is 16.9. The maximum absolute atomic E-state index is 12.5. The third kappa shape index (κ3) is 3.95. The van der Waals surface area contributed by atoms with Gasteiger partial charge < -0.3 is 9.64 Å². The molecule has 1 aliphatic heterocycles. The summed E-state index contributed by atoms with van der Waals surface area (Å²) in [5.41, 5.74) is 3.51. The second-order valence-electron chi connectivity index (χ2n) is 6.33. The van der Waals surface area contributed by atoms with Crippen LogP contribution in [0.3, 0.4) is 0 Å². The number of hydrogen-bond acceptors (Lipinski definition) is 3. The molecule has 24 heavy (non-hydrogen) atoms. The van der Waals surface area contributed by atoms with Crippen LogP contribution in [0.4, 0.5) is 5.69 Å². The van der Waals surface area contributed by atoms with Crippen LogP contribution in [0.2, 0.25) is 0 Å². The number of rotatable bonds is 6. The number of anilines is 1. The predicted octanol–water partition coefficient (Wildman–Crippen LogP) is 2.89. The number of carbonyl (C=O) groups excluding carboxylic acids is 1. The van der Waals surface area contributed by atoms with E-state index in [4.69, 9.17) is 4.74 Å². The second kappa shape index (κ2) is 7.49. The number of nitrogens with zero attached hydrogens (tertiary/aromatic N) is 2. The molecule has 2 aromatic rings. The Balaban J connectivity index is 1.47. The van der Waals surface area contributed by atoms with Crippen molar-refractivity contribution in [2.75, 3.05) is 38.2 Å². The van der Waals surface area contributed by atoms with Crippen LogP contribution in [0.5, 0.6) is 5.75 Å². The number of ether oxygens (including phenoxy) is 1. The minimum atomic E-state index is 0.151. The third-order valence-electron chi connectivity index (χ3n) is 4.32. The van der Waals surface area contributed by atoms with E-state index >= 15 is 0 Å². The van der Waals surface area contributed by atoms with Crippen LogP contribution in [-0.2, 0) is 11.2 Å². The van der Waals surface area contributed by atoms with E-state index in [1.54, 1.807) is 0 Å². The molecule has 1 aliphatic rings. The lowest BCUT2D eigenvalue weighted by molar-refractivity contribution is -0.119. The van der Waals surface area contributed by atoms with Gasteiger partial charge in [0.15, 0.2) is 0 Å². The Morgan fingerprint density at radius 2 is 2.04 bits per heavy atom. The number of carbonyl (C=O) groups is 1. The predicted molar refractivity (Wildman–Crippen MR) is 96.7 cm³/mol. The van der Waals surface area contributed by atoms with Crippen LogP contribution < -0.4 is 9.64 Å². The van der Waals surface area contributed by atoms with Gasteiger partial charge in [-0.15, -0.1) is 0 Å². The first-order valence-electron chi connectivity index (χ1n) is 8.40. The van der Waals surface area contributed by atoms with Crippen molar-refractivity contribution < 1.29 is 9.53 Å². The molecule has 2 aromatic carbocycles. The van der Waals surface area contributed by atoms with Crippen molar-refractivity contribution in [1.82, 2.24) is 4.90 Å². The lowest BCUT2D eigenvalue weighted by Gasteiger charge is -2.22. The molecule has 0 atom stereocenters. The molecule has 0 bridgehead atoms. The topological polar surface area (TPSA) is 32.8 Å². The minimum Gasteiger partial charge on any atom is -0.492 e. The highest BCUT2D eigenvalue weighted by atomic mass is 16.5. The Morgan fingerprint density at radius 1 is 1.21 bits per heavy atom. The normalized spacial score (nSPS) is 13.2. The molecule has 0 unspecified atom stereocenters. The Bertz CT molecular complexity index is 714. The second-order valence-corrected chi connectivity index (χ2v) is 6.33. The van der Waals surface area contributed by atoms with E-state index in [-0.39, 0.29) is 5.91 Å². The van der Waals surface area contributed by atoms with Crippen LogP contribution in [0.25, 0.3) is 0 Å². The maximum atomic E-state index is 12.5. The monoisotopic (exact) mass is 324 g/mol. The lowest BCUT2D eigenvalue weighted by atomic mass is 10.2. The van der Waals surface area contributed by atoms with Crippen molar-refractivity contribution in [3.8, 4) is 5.75 Å². The van der Waals surface area contributed by atoms with Gasteiger partial charge in [0.1, 0.15) is 12.4 Å². The van der Waals surface area contributed by atoms with Crippen molar-refractivity contribution in [1.29, 1.82) is 0 Å². The van der Waals surface area contributed by atoms with Gasteiger partial charge in [0.25, 0.3) is 0 Å². The van der Waals surface area contributed by atoms with E-state index in [0.29, 0.717) is 13.2 Å². The fraction of sp³-hybridized carbons (Fsp3) is 0.350. The molecule has 126 valence electrons. The number of fused-ring (bicyclic) bond motifs is 1. The van der Waals surface area contributed by atoms with Crippen molar-refractivity contribution in [2.24, 2.45) is 0 Å². The first kappa shape index (κ1) is 16.5. The number of benzene rings is 2. The quantitative estimate of drug-likeness (QED) is 0.819. The molecule has 3 rings (SSSR count). The highest BCUT2D eigenvalue weighted by Gasteiger charge is 2.24. The van der Waals surface area contributed by atoms with Gasteiger partial charge in [-0.25, -0.2) is 0 Å². The number of para-hydroxylation sites is 1. The van der Waals surface area contributed by atoms with Crippen molar-refractivity contribution >= 4 is 11.6 Å². The molecule has 0 radical (unpaired) electrons. The van der Waals surface area contributed by atoms with Crippen LogP contribution in [-0.4, -0.2) is 44.1 Å². The Kier molecular flexibility index (Phi) is 5.16. The van der Waals surface area contributed by atoms with Crippen molar-refractivity contribution in [2.45, 2.75) is 13.3 Å². The minimum absolute atomic E-state index is 0.151. The van der Waals surface area contributed by atoms with Crippen LogP contribution in [0.1, 0.15) is 11.1 Å². The van der Waals surface area contributed by atoms with Gasteiger partial charge in [-0.05, 0) is 49.7 Å². The van der Waals surface area contributed by atoms with E-state index in [0.717, 1.165) is 30.9 Å². The molecule has 4 nitrogen and oxygen atoms in total. The third-order valence-corrected chi connectivity index (χ3v) is 4.32. The summed E-state index contributed by atoms with van der Waals surface area (Å²) in [6.07, 6.45) is 0.947. The van der Waals surface area contributed by atoms with Gasteiger partial charge in [0, 0.05) is 18.8 Å². The first-order valence-corrected chi connectivity index (χ1v) is 8.40. The smallest absolute Gasteiger partial charge is 0.241 e. The summed E-state index contributed by atoms with van der Waals surface area (Å²) < 4.78 is 5.75. The zero-order valence-corrected chi connectivity index (χ0v) is 14.4. The number of aryl methyl sites for hydroxylation is 1. The molecular formula is C20H24N2O2. The van der Waals surface area contributed by atoms with E-state index in [1.165, 1.54) is 11.1 Å². The van der Waals surface area contributed by atoms with Gasteiger partial charge in [0.2, 0.25) is 5.91 Å². The molecular weight excluding hydrogens is 300 g/mol. The summed E-state index contributed by atoms with van der Waals surface area (Å²) >= 11 is 0. The molecule has 0 aliphatic carbocycles. The molecule has 0 spiro atoms. The average molecular weight is 324 g/mol. The molecule has 0 N–H and O–H groups in total. The summed E-state index contributed by atoms with van der Waals surface area (Å²) in [6.45, 7) is 4.53. The largest absolute Gasteiger partial charge is 0.492 e. The fourth-order valence-electron chi connectivity index (χ4n) is 3.02. The molecule has 0 saturated heterocycles. The number of hydrogen-bond donors (Lipinski definition) is 0. The summed E-state index contributed by atoms with van der Waals surface area (Å²) in [7, 11) is 1.96. The average Bonchev–Trinajstić information content (AvgIpc) is 2.99. The van der Waals surface area contributed by atoms with E-state index < -0.39 is 0 Å². The first-order chi connectivity index (χ1) is 11.6. The Labute approximate surface area is 143 Å². The molecule has 0 aromatic heterocycles. The summed E-state index contributed by atoms with van der Waals surface area (Å²) in [5, 5.41) is 0. The Morgan fingerprint density at radius 3 is 2.88 bits per heavy atom. The molecule has 0 saturated carbocycles. The summed E-state index contributed by atoms with van der Waals surface area (Å²) in [6, 6.07) is 16.2. The lowest BCUT2D eigenvalue weighted by Crippen LogP contribution is -2.39. The fourth-order valence-corrected chi connectivity index (χ4v) is 3.02. The van der Waals surface area contributed by atoms with E-state index in [9.17, 15) is 4.79 Å². The molecule has 4 heteroatoms.